The van der Waals surface area contributed by atoms with Crippen LogP contribution < -0.4 is 10.1 Å². The zero-order chi connectivity index (χ0) is 15.8. The number of hydrogen-bond donors (Lipinski definition) is 1. The average Bonchev–Trinajstić information content (AvgIpc) is 2.54. The SMILES string of the molecule is CC(NC(=O)Oc1ccccc1)c1ccccc1CN=C=O. The minimum atomic E-state index is -0.535. The molecule has 0 aliphatic carbocycles. The minimum absolute atomic E-state index is 0.236. The van der Waals surface area contributed by atoms with E-state index in [1.807, 2.05) is 37.3 Å². The summed E-state index contributed by atoms with van der Waals surface area (Å²) in [5, 5.41) is 2.76. The third-order valence-electron chi connectivity index (χ3n) is 3.12. The molecule has 112 valence electrons. The third-order valence-corrected chi connectivity index (χ3v) is 3.12. The molecule has 2 aromatic rings. The number of ether oxygens (including phenoxy) is 1. The highest BCUT2D eigenvalue weighted by Crippen LogP contribution is 2.19. The van der Waals surface area contributed by atoms with Gasteiger partial charge in [-0.1, -0.05) is 42.5 Å². The Morgan fingerprint density at radius 2 is 1.86 bits per heavy atom. The van der Waals surface area contributed by atoms with Crippen molar-refractivity contribution in [1.82, 2.24) is 5.32 Å². The summed E-state index contributed by atoms with van der Waals surface area (Å²) in [6.07, 6.45) is 0.984. The average molecular weight is 296 g/mol. The number of carbonyl (C=O) groups excluding carboxylic acids is 2. The van der Waals surface area contributed by atoms with Gasteiger partial charge in [-0.25, -0.2) is 14.6 Å². The molecule has 0 heterocycles. The minimum Gasteiger partial charge on any atom is -0.410 e. The predicted octanol–water partition coefficient (Wildman–Crippen LogP) is 3.37. The Morgan fingerprint density at radius 3 is 2.59 bits per heavy atom. The molecule has 0 saturated carbocycles. The van der Waals surface area contributed by atoms with Gasteiger partial charge in [0.2, 0.25) is 6.08 Å². The molecule has 0 fully saturated rings. The number of aliphatic imine (C=N–C) groups is 1. The van der Waals surface area contributed by atoms with Crippen molar-refractivity contribution in [3.05, 3.63) is 65.7 Å². The van der Waals surface area contributed by atoms with Crippen LogP contribution in [-0.2, 0) is 11.3 Å². The Balaban J connectivity index is 2.04. The van der Waals surface area contributed by atoms with Crippen molar-refractivity contribution < 1.29 is 14.3 Å². The maximum Gasteiger partial charge on any atom is 0.413 e. The first-order valence-corrected chi connectivity index (χ1v) is 6.85. The predicted molar refractivity (Wildman–Crippen MR) is 82.3 cm³/mol. The summed E-state index contributed by atoms with van der Waals surface area (Å²) in [5.41, 5.74) is 1.74. The maximum atomic E-state index is 11.9. The molecule has 1 unspecified atom stereocenters. The van der Waals surface area contributed by atoms with Gasteiger partial charge in [0.1, 0.15) is 5.75 Å². The number of benzene rings is 2. The van der Waals surface area contributed by atoms with Crippen LogP contribution in [-0.4, -0.2) is 12.2 Å². The van der Waals surface area contributed by atoms with Crippen LogP contribution in [0.1, 0.15) is 24.1 Å². The Bertz CT molecular complexity index is 679. The molecule has 0 aliphatic heterocycles. The van der Waals surface area contributed by atoms with Gasteiger partial charge in [-0.2, -0.15) is 0 Å². The highest BCUT2D eigenvalue weighted by Gasteiger charge is 2.14. The molecule has 22 heavy (non-hydrogen) atoms. The molecule has 5 nitrogen and oxygen atoms in total. The summed E-state index contributed by atoms with van der Waals surface area (Å²) in [7, 11) is 0. The van der Waals surface area contributed by atoms with E-state index in [0.29, 0.717) is 5.75 Å². The molecule has 0 aromatic heterocycles. The van der Waals surface area contributed by atoms with Gasteiger partial charge in [0, 0.05) is 0 Å². The Kier molecular flexibility index (Phi) is 5.46. The molecule has 2 rings (SSSR count). The maximum absolute atomic E-state index is 11.9. The third kappa shape index (κ3) is 4.30. The van der Waals surface area contributed by atoms with E-state index in [4.69, 9.17) is 4.74 Å². The number of nitrogens with zero attached hydrogens (tertiary/aromatic N) is 1. The zero-order valence-corrected chi connectivity index (χ0v) is 12.2. The molecule has 0 aliphatic rings. The van der Waals surface area contributed by atoms with Crippen LogP contribution in [0.5, 0.6) is 5.75 Å². The van der Waals surface area contributed by atoms with Crippen molar-refractivity contribution in [2.24, 2.45) is 4.99 Å². The van der Waals surface area contributed by atoms with E-state index in [2.05, 4.69) is 10.3 Å². The quantitative estimate of drug-likeness (QED) is 0.679. The van der Waals surface area contributed by atoms with E-state index in [-0.39, 0.29) is 12.6 Å². The molecule has 0 radical (unpaired) electrons. The Morgan fingerprint density at radius 1 is 1.18 bits per heavy atom. The molecule has 5 heteroatoms. The summed E-state index contributed by atoms with van der Waals surface area (Å²) < 4.78 is 5.19. The van der Waals surface area contributed by atoms with E-state index < -0.39 is 6.09 Å². The molecule has 1 atom stereocenters. The van der Waals surface area contributed by atoms with Crippen LogP contribution in [0.3, 0.4) is 0 Å². The van der Waals surface area contributed by atoms with Gasteiger partial charge in [-0.05, 0) is 30.2 Å². The van der Waals surface area contributed by atoms with Crippen molar-refractivity contribution in [2.75, 3.05) is 0 Å². The first-order chi connectivity index (χ1) is 10.7. The molecule has 0 spiro atoms. The Labute approximate surface area is 128 Å². The number of amides is 1. The molecule has 1 amide bonds. The number of hydrogen-bond acceptors (Lipinski definition) is 4. The second-order valence-corrected chi connectivity index (χ2v) is 4.67. The van der Waals surface area contributed by atoms with E-state index >= 15 is 0 Å². The number of carbonyl (C=O) groups is 1. The van der Waals surface area contributed by atoms with Crippen molar-refractivity contribution in [1.29, 1.82) is 0 Å². The second kappa shape index (κ2) is 7.76. The van der Waals surface area contributed by atoms with Crippen LogP contribution in [0.4, 0.5) is 4.79 Å². The van der Waals surface area contributed by atoms with Gasteiger partial charge in [-0.15, -0.1) is 0 Å². The van der Waals surface area contributed by atoms with E-state index in [9.17, 15) is 9.59 Å². The monoisotopic (exact) mass is 296 g/mol. The number of para-hydroxylation sites is 1. The van der Waals surface area contributed by atoms with Crippen LogP contribution >= 0.6 is 0 Å². The summed E-state index contributed by atoms with van der Waals surface area (Å²) >= 11 is 0. The molecule has 2 aromatic carbocycles. The summed E-state index contributed by atoms with van der Waals surface area (Å²) in [5.74, 6) is 0.478. The van der Waals surface area contributed by atoms with Gasteiger partial charge in [0.25, 0.3) is 0 Å². The highest BCUT2D eigenvalue weighted by atomic mass is 16.6. The van der Waals surface area contributed by atoms with Crippen LogP contribution in [0.2, 0.25) is 0 Å². The van der Waals surface area contributed by atoms with Crippen molar-refractivity contribution in [3.8, 4) is 5.75 Å². The second-order valence-electron chi connectivity index (χ2n) is 4.67. The lowest BCUT2D eigenvalue weighted by molar-refractivity contribution is 0.197. The summed E-state index contributed by atoms with van der Waals surface area (Å²) in [6.45, 7) is 2.08. The fourth-order valence-corrected chi connectivity index (χ4v) is 2.10. The highest BCUT2D eigenvalue weighted by molar-refractivity contribution is 5.71. The standard InChI is InChI=1S/C17H16N2O3/c1-13(16-10-6-5-7-14(16)11-18-12-20)19-17(21)22-15-8-3-2-4-9-15/h2-10,13H,11H2,1H3,(H,19,21). The zero-order valence-electron chi connectivity index (χ0n) is 12.2. The van der Waals surface area contributed by atoms with Gasteiger partial charge in [-0.3, -0.25) is 0 Å². The number of nitrogens with one attached hydrogen (secondary N) is 1. The summed E-state index contributed by atoms with van der Waals surface area (Å²) in [4.78, 5) is 25.7. The first kappa shape index (κ1) is 15.5. The number of rotatable bonds is 5. The van der Waals surface area contributed by atoms with Gasteiger partial charge >= 0.3 is 6.09 Å². The molecular weight excluding hydrogens is 280 g/mol. The van der Waals surface area contributed by atoms with Gasteiger partial charge < -0.3 is 10.1 Å². The molecule has 0 saturated heterocycles. The van der Waals surface area contributed by atoms with Gasteiger partial charge in [0.05, 0.1) is 12.6 Å². The van der Waals surface area contributed by atoms with Gasteiger partial charge in [0.15, 0.2) is 0 Å². The van der Waals surface area contributed by atoms with E-state index in [1.54, 1.807) is 24.3 Å². The van der Waals surface area contributed by atoms with Crippen LogP contribution in [0.15, 0.2) is 59.6 Å². The normalized spacial score (nSPS) is 11.1. The van der Waals surface area contributed by atoms with Crippen LogP contribution in [0.25, 0.3) is 0 Å². The lowest BCUT2D eigenvalue weighted by Gasteiger charge is -2.17. The van der Waals surface area contributed by atoms with E-state index in [0.717, 1.165) is 11.1 Å². The molecule has 1 N–H and O–H groups in total. The lowest BCUT2D eigenvalue weighted by Crippen LogP contribution is -2.30. The topological polar surface area (TPSA) is 67.8 Å². The van der Waals surface area contributed by atoms with Crippen molar-refractivity contribution >= 4 is 12.2 Å². The largest absolute Gasteiger partial charge is 0.413 e. The summed E-state index contributed by atoms with van der Waals surface area (Å²) in [6, 6.07) is 16.0. The fourth-order valence-electron chi connectivity index (χ4n) is 2.10. The molecular formula is C17H16N2O3. The molecule has 0 bridgehead atoms. The Hall–Kier alpha value is -2.91. The van der Waals surface area contributed by atoms with Crippen molar-refractivity contribution in [3.63, 3.8) is 0 Å². The van der Waals surface area contributed by atoms with Crippen molar-refractivity contribution in [2.45, 2.75) is 19.5 Å². The van der Waals surface area contributed by atoms with E-state index in [1.165, 1.54) is 6.08 Å². The lowest BCUT2D eigenvalue weighted by atomic mass is 10.0. The van der Waals surface area contributed by atoms with Crippen LogP contribution in [0, 0.1) is 0 Å². The first-order valence-electron chi connectivity index (χ1n) is 6.85. The number of isocyanates is 1. The smallest absolute Gasteiger partial charge is 0.410 e. The fraction of sp³-hybridized carbons (Fsp3) is 0.176.